The molecular formula is C49H74N10O12. The molecule has 0 aliphatic carbocycles. The number of ether oxygens (including phenoxy) is 1. The summed E-state index contributed by atoms with van der Waals surface area (Å²) in [6.45, 7) is 9.90. The van der Waals surface area contributed by atoms with E-state index in [1.165, 1.54) is 32.9 Å². The standard InChI is InChI=1S/C49H74N10O12/c1-8-10-12-18-36-46(66)59-38(48(69)70)27-41(61)55-35(19-15-24-52-49(50)51)45(65)56-34(21-20-28(3)25-29(4)39(71-7)26-32-16-13-11-14-17-32)30(5)42(62)58-37(47(67)68)22-23-40(60)54-33(9-2)44(64)53-31(6)43(63)57-36/h9,11,13-14,16-17,20-21,25,29-31,34-39H,8,10,12,15,18-19,22-24,26-27H2,1-7H3,(H,53,64)(H,54,60)(H,55,61)(H,56,65)(H,57,63)(H,58,62)(H,59,66)(H,67,68)(H,69,70)(H4,50,51,52)/b21-20+,28-25+,33-9-/t29-,30-,31+,34-,35-,36-,37+,38+,39-/m0/s1. The second-order valence-electron chi connectivity index (χ2n) is 17.5. The highest BCUT2D eigenvalue weighted by Crippen LogP contribution is 2.18. The number of hydrogen-bond donors (Lipinski definition) is 11. The van der Waals surface area contributed by atoms with E-state index in [9.17, 15) is 53.4 Å². The number of carbonyl (C=O) groups is 9. The van der Waals surface area contributed by atoms with E-state index < -0.39 is 115 Å². The number of rotatable bonds is 17. The number of nitrogens with zero attached hydrogens (tertiary/aromatic N) is 1. The molecule has 1 aliphatic rings. The minimum atomic E-state index is -1.84. The number of benzene rings is 1. The summed E-state index contributed by atoms with van der Waals surface area (Å²) in [6, 6.07) is 1.18. The maximum atomic E-state index is 14.3. The third-order valence-corrected chi connectivity index (χ3v) is 11.7. The molecule has 2 rings (SSSR count). The highest BCUT2D eigenvalue weighted by atomic mass is 16.5. The van der Waals surface area contributed by atoms with Crippen molar-refractivity contribution in [1.82, 2.24) is 37.2 Å². The largest absolute Gasteiger partial charge is 0.480 e. The number of hydrogen-bond acceptors (Lipinski definition) is 11. The number of carboxylic acid groups (broad SMARTS) is 2. The minimum Gasteiger partial charge on any atom is -0.480 e. The molecular weight excluding hydrogens is 921 g/mol. The summed E-state index contributed by atoms with van der Waals surface area (Å²) in [5, 5.41) is 37.7. The predicted molar refractivity (Wildman–Crippen MR) is 265 cm³/mol. The SMILES string of the molecule is C/C=C1\NC(=O)CC[C@H](C(=O)O)NC(=O)[C@@H](C)[C@H](/C=C/C(C)=C/[C@H](C)[C@H](Cc2ccccc2)OC)NC(=O)[C@H](CCCN=C(N)N)NC(=O)C[C@H](C(=O)O)NC(=O)[C@H](CCCCC)NC(=O)[C@@H](C)NC1=O. The molecule has 13 N–H and O–H groups in total. The van der Waals surface area contributed by atoms with Crippen molar-refractivity contribution in [3.63, 3.8) is 0 Å². The number of carboxylic acids is 2. The molecule has 1 aromatic rings. The molecule has 0 unspecified atom stereocenters. The van der Waals surface area contributed by atoms with E-state index in [1.807, 2.05) is 50.3 Å². The maximum absolute atomic E-state index is 14.3. The van der Waals surface area contributed by atoms with E-state index in [1.54, 1.807) is 20.1 Å². The fourth-order valence-electron chi connectivity index (χ4n) is 7.43. The van der Waals surface area contributed by atoms with Crippen LogP contribution in [0, 0.1) is 11.8 Å². The Morgan fingerprint density at radius 3 is 2.04 bits per heavy atom. The van der Waals surface area contributed by atoms with Crippen molar-refractivity contribution in [2.75, 3.05) is 13.7 Å². The number of unbranched alkanes of at least 4 members (excludes halogenated alkanes) is 2. The summed E-state index contributed by atoms with van der Waals surface area (Å²) < 4.78 is 5.81. The molecule has 0 saturated carbocycles. The molecule has 0 radical (unpaired) electrons. The first-order chi connectivity index (χ1) is 33.6. The van der Waals surface area contributed by atoms with Crippen molar-refractivity contribution < 1.29 is 58.1 Å². The summed E-state index contributed by atoms with van der Waals surface area (Å²) in [7, 11) is 1.61. The van der Waals surface area contributed by atoms with Gasteiger partial charge in [-0.25, -0.2) is 9.59 Å². The molecule has 1 saturated heterocycles. The van der Waals surface area contributed by atoms with E-state index in [-0.39, 0.29) is 49.5 Å². The first kappa shape index (κ1) is 60.0. The van der Waals surface area contributed by atoms with Crippen LogP contribution in [0.1, 0.15) is 105 Å². The van der Waals surface area contributed by atoms with Gasteiger partial charge in [0.25, 0.3) is 5.91 Å². The quantitative estimate of drug-likeness (QED) is 0.0341. The van der Waals surface area contributed by atoms with Crippen molar-refractivity contribution in [2.24, 2.45) is 28.3 Å². The average Bonchev–Trinajstić information content (AvgIpc) is 3.32. The lowest BCUT2D eigenvalue weighted by Gasteiger charge is -2.27. The van der Waals surface area contributed by atoms with Crippen LogP contribution in [-0.4, -0.2) is 125 Å². The van der Waals surface area contributed by atoms with Crippen molar-refractivity contribution >= 4 is 59.2 Å². The number of aliphatic imine (C=N–C) groups is 1. The Hall–Kier alpha value is -7.10. The third-order valence-electron chi connectivity index (χ3n) is 11.7. The van der Waals surface area contributed by atoms with Crippen molar-refractivity contribution in [1.29, 1.82) is 0 Å². The molecule has 71 heavy (non-hydrogen) atoms. The van der Waals surface area contributed by atoms with Crippen molar-refractivity contribution in [3.8, 4) is 0 Å². The normalized spacial score (nSPS) is 24.6. The van der Waals surface area contributed by atoms with Crippen molar-refractivity contribution in [3.05, 3.63) is 71.5 Å². The molecule has 1 aromatic carbocycles. The van der Waals surface area contributed by atoms with Crippen LogP contribution in [0.3, 0.4) is 0 Å². The van der Waals surface area contributed by atoms with Crippen LogP contribution < -0.4 is 48.7 Å². The van der Waals surface area contributed by atoms with Gasteiger partial charge in [-0.3, -0.25) is 38.6 Å². The zero-order valence-corrected chi connectivity index (χ0v) is 41.7. The smallest absolute Gasteiger partial charge is 0.326 e. The Morgan fingerprint density at radius 2 is 1.44 bits per heavy atom. The maximum Gasteiger partial charge on any atom is 0.326 e. The third kappa shape index (κ3) is 22.0. The van der Waals surface area contributed by atoms with Crippen LogP contribution in [0.25, 0.3) is 0 Å². The lowest BCUT2D eigenvalue weighted by atomic mass is 9.94. The van der Waals surface area contributed by atoms with Gasteiger partial charge in [0.15, 0.2) is 5.96 Å². The average molecular weight is 995 g/mol. The van der Waals surface area contributed by atoms with Gasteiger partial charge in [0, 0.05) is 26.0 Å². The summed E-state index contributed by atoms with van der Waals surface area (Å²) in [5.41, 5.74) is 12.5. The predicted octanol–water partition coefficient (Wildman–Crippen LogP) is 0.955. The Balaban J connectivity index is 2.68. The summed E-state index contributed by atoms with van der Waals surface area (Å²) in [4.78, 5) is 124. The first-order valence-electron chi connectivity index (χ1n) is 23.8. The van der Waals surface area contributed by atoms with E-state index in [0.29, 0.717) is 24.8 Å². The summed E-state index contributed by atoms with van der Waals surface area (Å²) >= 11 is 0. The Labute approximate surface area is 415 Å². The monoisotopic (exact) mass is 995 g/mol. The molecule has 0 bridgehead atoms. The molecule has 1 aliphatic heterocycles. The highest BCUT2D eigenvalue weighted by molar-refractivity contribution is 6.00. The minimum absolute atomic E-state index is 0.0327. The zero-order valence-electron chi connectivity index (χ0n) is 41.7. The lowest BCUT2D eigenvalue weighted by Crippen LogP contribution is -2.56. The Bertz CT molecular complexity index is 2120. The number of methoxy groups -OCH3 is 1. The van der Waals surface area contributed by atoms with Crippen LogP contribution in [0.5, 0.6) is 0 Å². The number of aliphatic carboxylic acids is 2. The van der Waals surface area contributed by atoms with E-state index >= 15 is 0 Å². The molecule has 7 amide bonds. The number of allylic oxidation sites excluding steroid dienone is 3. The van der Waals surface area contributed by atoms with Gasteiger partial charge in [-0.2, -0.15) is 0 Å². The first-order valence-corrected chi connectivity index (χ1v) is 23.8. The van der Waals surface area contributed by atoms with Crippen LogP contribution in [0.2, 0.25) is 0 Å². The number of nitrogens with two attached hydrogens (primary N) is 2. The molecule has 392 valence electrons. The van der Waals surface area contributed by atoms with Gasteiger partial charge in [-0.05, 0) is 58.4 Å². The molecule has 1 heterocycles. The molecule has 1 fully saturated rings. The van der Waals surface area contributed by atoms with Gasteiger partial charge in [0.1, 0.15) is 35.9 Å². The zero-order chi connectivity index (χ0) is 53.2. The molecule has 0 aromatic heterocycles. The van der Waals surface area contributed by atoms with Gasteiger partial charge < -0.3 is 63.6 Å². The summed E-state index contributed by atoms with van der Waals surface area (Å²) in [6.07, 6.45) is 6.99. The number of amides is 7. The van der Waals surface area contributed by atoms with Crippen LogP contribution in [-0.2, 0) is 54.3 Å². The van der Waals surface area contributed by atoms with Crippen LogP contribution in [0.4, 0.5) is 0 Å². The van der Waals surface area contributed by atoms with Crippen LogP contribution >= 0.6 is 0 Å². The molecule has 22 nitrogen and oxygen atoms in total. The van der Waals surface area contributed by atoms with Gasteiger partial charge in [-0.1, -0.05) is 100 Å². The second kappa shape index (κ2) is 31.2. The van der Waals surface area contributed by atoms with Crippen molar-refractivity contribution in [2.45, 2.75) is 148 Å². The van der Waals surface area contributed by atoms with Gasteiger partial charge >= 0.3 is 11.9 Å². The Kier molecular flexibility index (Phi) is 26.4. The van der Waals surface area contributed by atoms with Crippen LogP contribution in [0.15, 0.2) is 70.9 Å². The van der Waals surface area contributed by atoms with E-state index in [2.05, 4.69) is 42.2 Å². The highest BCUT2D eigenvalue weighted by Gasteiger charge is 2.34. The number of nitrogens with one attached hydrogen (secondary N) is 7. The Morgan fingerprint density at radius 1 is 0.817 bits per heavy atom. The van der Waals surface area contributed by atoms with Gasteiger partial charge in [-0.15, -0.1) is 0 Å². The topological polar surface area (TPSA) is 352 Å². The lowest BCUT2D eigenvalue weighted by molar-refractivity contribution is -0.144. The van der Waals surface area contributed by atoms with E-state index in [4.69, 9.17) is 16.2 Å². The number of guanidine groups is 1. The van der Waals surface area contributed by atoms with E-state index in [0.717, 1.165) is 12.0 Å². The molecule has 22 heteroatoms. The fourth-order valence-corrected chi connectivity index (χ4v) is 7.43. The number of carbonyl (C=O) groups excluding carboxylic acids is 7. The summed E-state index contributed by atoms with van der Waals surface area (Å²) in [5.74, 6) is -10.7. The van der Waals surface area contributed by atoms with Gasteiger partial charge in [0.2, 0.25) is 35.4 Å². The molecule has 9 atom stereocenters. The second-order valence-corrected chi connectivity index (χ2v) is 17.5. The molecule has 0 spiro atoms. The fraction of sp³-hybridized carbons (Fsp3) is 0.551. The van der Waals surface area contributed by atoms with Gasteiger partial charge in [0.05, 0.1) is 24.5 Å².